The number of nitrogen functional groups attached to an aromatic ring is 1. The van der Waals surface area contributed by atoms with Gasteiger partial charge in [0, 0.05) is 39.4 Å². The van der Waals surface area contributed by atoms with E-state index < -0.39 is 5.91 Å². The molecule has 1 aliphatic rings. The second kappa shape index (κ2) is 6.16. The van der Waals surface area contributed by atoms with Crippen molar-refractivity contribution in [1.82, 2.24) is 10.3 Å². The van der Waals surface area contributed by atoms with Gasteiger partial charge in [-0.25, -0.2) is 5.84 Å². The molecule has 2 atom stereocenters. The van der Waals surface area contributed by atoms with Gasteiger partial charge in [-0.1, -0.05) is 0 Å². The van der Waals surface area contributed by atoms with Crippen LogP contribution in [0.1, 0.15) is 16.1 Å². The van der Waals surface area contributed by atoms with E-state index in [2.05, 4.69) is 10.3 Å². The lowest BCUT2D eigenvalue weighted by atomic mass is 10.2. The van der Waals surface area contributed by atoms with Gasteiger partial charge < -0.3 is 13.9 Å². The largest absolute Gasteiger partial charge is 0.459 e. The van der Waals surface area contributed by atoms with E-state index in [9.17, 15) is 4.79 Å². The van der Waals surface area contributed by atoms with Gasteiger partial charge in [-0.2, -0.15) is 0 Å². The van der Waals surface area contributed by atoms with Crippen molar-refractivity contribution in [2.75, 3.05) is 27.3 Å². The Hall–Kier alpha value is -1.41. The zero-order chi connectivity index (χ0) is 13.8. The molecule has 2 heterocycles. The normalized spacial score (nSPS) is 23.7. The number of hydrogen-bond acceptors (Lipinski definition) is 6. The summed E-state index contributed by atoms with van der Waals surface area (Å²) >= 11 is 0. The minimum absolute atomic E-state index is 0.0451. The third-order valence-electron chi connectivity index (χ3n) is 3.37. The summed E-state index contributed by atoms with van der Waals surface area (Å²) < 4.78 is 15.9. The average Bonchev–Trinajstić information content (AvgIpc) is 3.04. The van der Waals surface area contributed by atoms with Crippen LogP contribution in [0.15, 0.2) is 16.7 Å². The van der Waals surface area contributed by atoms with Crippen molar-refractivity contribution in [3.63, 3.8) is 0 Å². The third kappa shape index (κ3) is 2.95. The monoisotopic (exact) mass is 269 g/mol. The van der Waals surface area contributed by atoms with Crippen LogP contribution in [0.4, 0.5) is 0 Å². The molecule has 2 unspecified atom stereocenters. The van der Waals surface area contributed by atoms with E-state index in [1.54, 1.807) is 20.3 Å². The van der Waals surface area contributed by atoms with Crippen molar-refractivity contribution in [3.8, 4) is 0 Å². The zero-order valence-corrected chi connectivity index (χ0v) is 11.1. The van der Waals surface area contributed by atoms with Gasteiger partial charge in [-0.3, -0.25) is 15.1 Å². The highest BCUT2D eigenvalue weighted by molar-refractivity contribution is 5.92. The average molecular weight is 269 g/mol. The van der Waals surface area contributed by atoms with E-state index in [0.29, 0.717) is 6.54 Å². The van der Waals surface area contributed by atoms with Gasteiger partial charge in [-0.15, -0.1) is 0 Å². The first-order valence-corrected chi connectivity index (χ1v) is 6.04. The molecule has 0 radical (unpaired) electrons. The highest BCUT2D eigenvalue weighted by Crippen LogP contribution is 2.20. The summed E-state index contributed by atoms with van der Waals surface area (Å²) in [6, 6.07) is 1.77. The van der Waals surface area contributed by atoms with Crippen molar-refractivity contribution in [3.05, 3.63) is 23.7 Å². The molecule has 1 aromatic rings. The quantitative estimate of drug-likeness (QED) is 0.434. The van der Waals surface area contributed by atoms with Crippen molar-refractivity contribution < 1.29 is 18.7 Å². The van der Waals surface area contributed by atoms with Gasteiger partial charge in [0.1, 0.15) is 0 Å². The lowest BCUT2D eigenvalue weighted by Crippen LogP contribution is -2.31. The molecule has 0 aromatic carbocycles. The molecular weight excluding hydrogens is 250 g/mol. The number of amides is 1. The minimum Gasteiger partial charge on any atom is -0.459 e. The van der Waals surface area contributed by atoms with Crippen LogP contribution in [-0.2, 0) is 16.0 Å². The van der Waals surface area contributed by atoms with Gasteiger partial charge in [0.2, 0.25) is 0 Å². The standard InChI is InChI=1S/C12H19N3O4/c1-17-9-6-15(7-10(9)18-2)5-8-3-4-19-11(8)12(16)14-13/h3-4,9-10H,5-7,13H2,1-2H3,(H,14,16). The van der Waals surface area contributed by atoms with Crippen LogP contribution in [0, 0.1) is 0 Å². The number of hydrazine groups is 1. The first-order valence-electron chi connectivity index (χ1n) is 6.04. The molecule has 1 fully saturated rings. The van der Waals surface area contributed by atoms with Crippen LogP contribution in [0.25, 0.3) is 0 Å². The fraction of sp³-hybridized carbons (Fsp3) is 0.583. The van der Waals surface area contributed by atoms with Crippen molar-refractivity contribution >= 4 is 5.91 Å². The topological polar surface area (TPSA) is 90.0 Å². The molecule has 7 nitrogen and oxygen atoms in total. The van der Waals surface area contributed by atoms with Gasteiger partial charge in [-0.05, 0) is 6.07 Å². The second-order valence-corrected chi connectivity index (χ2v) is 4.49. The SMILES string of the molecule is COC1CN(Cc2ccoc2C(=O)NN)CC1OC. The molecule has 1 saturated heterocycles. The van der Waals surface area contributed by atoms with Gasteiger partial charge >= 0.3 is 5.91 Å². The number of nitrogens with zero attached hydrogens (tertiary/aromatic N) is 1. The molecule has 0 spiro atoms. The van der Waals surface area contributed by atoms with Gasteiger partial charge in [0.25, 0.3) is 0 Å². The summed E-state index contributed by atoms with van der Waals surface area (Å²) in [5.74, 6) is 4.94. The minimum atomic E-state index is -0.425. The molecule has 0 saturated carbocycles. The number of hydrogen-bond donors (Lipinski definition) is 2. The van der Waals surface area contributed by atoms with Crippen LogP contribution in [0.3, 0.4) is 0 Å². The Morgan fingerprint density at radius 1 is 1.47 bits per heavy atom. The Morgan fingerprint density at radius 3 is 2.63 bits per heavy atom. The number of carbonyl (C=O) groups excluding carboxylic acids is 1. The molecule has 1 aromatic heterocycles. The van der Waals surface area contributed by atoms with Crippen LogP contribution in [-0.4, -0.2) is 50.3 Å². The smallest absolute Gasteiger partial charge is 0.301 e. The predicted molar refractivity (Wildman–Crippen MR) is 67.2 cm³/mol. The van der Waals surface area contributed by atoms with E-state index >= 15 is 0 Å². The number of methoxy groups -OCH3 is 2. The Labute approximate surface area is 111 Å². The maximum atomic E-state index is 11.5. The van der Waals surface area contributed by atoms with E-state index in [0.717, 1.165) is 18.7 Å². The second-order valence-electron chi connectivity index (χ2n) is 4.49. The number of ether oxygens (including phenoxy) is 2. The fourth-order valence-corrected chi connectivity index (χ4v) is 2.37. The molecule has 2 rings (SSSR count). The summed E-state index contributed by atoms with van der Waals surface area (Å²) in [5.41, 5.74) is 2.87. The number of rotatable bonds is 5. The van der Waals surface area contributed by atoms with Crippen molar-refractivity contribution in [2.45, 2.75) is 18.8 Å². The van der Waals surface area contributed by atoms with Gasteiger partial charge in [0.15, 0.2) is 5.76 Å². The Kier molecular flexibility index (Phi) is 4.54. The number of nitrogens with two attached hydrogens (primary N) is 1. The lowest BCUT2D eigenvalue weighted by molar-refractivity contribution is -0.00461. The highest BCUT2D eigenvalue weighted by Gasteiger charge is 2.33. The summed E-state index contributed by atoms with van der Waals surface area (Å²) in [6.45, 7) is 2.10. The Morgan fingerprint density at radius 2 is 2.11 bits per heavy atom. The third-order valence-corrected chi connectivity index (χ3v) is 3.37. The zero-order valence-electron chi connectivity index (χ0n) is 11.1. The van der Waals surface area contributed by atoms with Crippen molar-refractivity contribution in [1.29, 1.82) is 0 Å². The van der Waals surface area contributed by atoms with E-state index in [-0.39, 0.29) is 18.0 Å². The summed E-state index contributed by atoms with van der Waals surface area (Å²) in [4.78, 5) is 13.7. The molecule has 0 aliphatic carbocycles. The molecule has 1 amide bonds. The van der Waals surface area contributed by atoms with E-state index in [4.69, 9.17) is 19.7 Å². The molecular formula is C12H19N3O4. The lowest BCUT2D eigenvalue weighted by Gasteiger charge is -2.14. The number of nitrogens with one attached hydrogen (secondary N) is 1. The molecule has 1 aliphatic heterocycles. The summed E-state index contributed by atoms with van der Waals surface area (Å²) in [6.07, 6.45) is 1.57. The van der Waals surface area contributed by atoms with Crippen LogP contribution >= 0.6 is 0 Å². The molecule has 0 bridgehead atoms. The summed E-state index contributed by atoms with van der Waals surface area (Å²) in [5, 5.41) is 0. The first kappa shape index (κ1) is 14.0. The predicted octanol–water partition coefficient (Wildman–Crippen LogP) is -0.271. The van der Waals surface area contributed by atoms with Crippen LogP contribution < -0.4 is 11.3 Å². The van der Waals surface area contributed by atoms with Crippen LogP contribution in [0.2, 0.25) is 0 Å². The Balaban J connectivity index is 2.03. The number of carbonyl (C=O) groups is 1. The first-order chi connectivity index (χ1) is 9.19. The van der Waals surface area contributed by atoms with Crippen LogP contribution in [0.5, 0.6) is 0 Å². The molecule has 19 heavy (non-hydrogen) atoms. The Bertz CT molecular complexity index is 422. The fourth-order valence-electron chi connectivity index (χ4n) is 2.37. The maximum absolute atomic E-state index is 11.5. The van der Waals surface area contributed by atoms with E-state index in [1.165, 1.54) is 6.26 Å². The molecule has 3 N–H and O–H groups in total. The highest BCUT2D eigenvalue weighted by atomic mass is 16.5. The summed E-state index contributed by atoms with van der Waals surface area (Å²) in [7, 11) is 3.34. The van der Waals surface area contributed by atoms with Crippen molar-refractivity contribution in [2.24, 2.45) is 5.84 Å². The maximum Gasteiger partial charge on any atom is 0.301 e. The molecule has 7 heteroatoms. The number of furan rings is 1. The van der Waals surface area contributed by atoms with Gasteiger partial charge in [0.05, 0.1) is 18.5 Å². The van der Waals surface area contributed by atoms with E-state index in [1.807, 2.05) is 0 Å². The molecule has 106 valence electrons. The number of likely N-dealkylation sites (tertiary alicyclic amines) is 1.